The summed E-state index contributed by atoms with van der Waals surface area (Å²) in [6.07, 6.45) is 2.15. The minimum Gasteiger partial charge on any atom is -0.466 e. The van der Waals surface area contributed by atoms with Crippen LogP contribution in [0.15, 0.2) is 12.2 Å². The van der Waals surface area contributed by atoms with Gasteiger partial charge in [0.1, 0.15) is 0 Å². The van der Waals surface area contributed by atoms with E-state index in [0.29, 0.717) is 5.57 Å². The Bertz CT molecular complexity index is 183. The first-order valence-electron chi connectivity index (χ1n) is 4.23. The van der Waals surface area contributed by atoms with Crippen LogP contribution >= 0.6 is 0 Å². The van der Waals surface area contributed by atoms with Gasteiger partial charge in [-0.25, -0.2) is 4.79 Å². The second-order valence-electron chi connectivity index (χ2n) is 3.06. The minimum atomic E-state index is -0.274. The van der Waals surface area contributed by atoms with Crippen molar-refractivity contribution in [3.63, 3.8) is 0 Å². The van der Waals surface area contributed by atoms with E-state index in [4.69, 9.17) is 0 Å². The number of esters is 1. The van der Waals surface area contributed by atoms with Crippen molar-refractivity contribution in [2.75, 3.05) is 20.2 Å². The van der Waals surface area contributed by atoms with Crippen LogP contribution in [0, 0.1) is 5.92 Å². The molecule has 0 bridgehead atoms. The standard InChI is InChI=1S/C9H15NO2/c1-7(9(11)12-2)8-4-3-5-10-6-8/h8,10H,1,3-6H2,2H3. The van der Waals surface area contributed by atoms with Crippen LogP contribution in [-0.4, -0.2) is 26.2 Å². The van der Waals surface area contributed by atoms with E-state index in [2.05, 4.69) is 16.6 Å². The van der Waals surface area contributed by atoms with E-state index >= 15 is 0 Å². The number of rotatable bonds is 2. The lowest BCUT2D eigenvalue weighted by Crippen LogP contribution is -2.32. The highest BCUT2D eigenvalue weighted by Crippen LogP contribution is 2.18. The first kappa shape index (κ1) is 9.26. The van der Waals surface area contributed by atoms with Crippen molar-refractivity contribution in [1.82, 2.24) is 5.32 Å². The largest absolute Gasteiger partial charge is 0.466 e. The van der Waals surface area contributed by atoms with Gasteiger partial charge in [0, 0.05) is 18.0 Å². The molecule has 0 aromatic rings. The zero-order chi connectivity index (χ0) is 8.97. The molecule has 1 unspecified atom stereocenters. The van der Waals surface area contributed by atoms with Gasteiger partial charge in [0.2, 0.25) is 0 Å². The van der Waals surface area contributed by atoms with Crippen molar-refractivity contribution in [3.05, 3.63) is 12.2 Å². The van der Waals surface area contributed by atoms with E-state index in [-0.39, 0.29) is 11.9 Å². The molecule has 1 aliphatic rings. The number of hydrogen-bond acceptors (Lipinski definition) is 3. The number of hydrogen-bond donors (Lipinski definition) is 1. The van der Waals surface area contributed by atoms with Gasteiger partial charge in [0.05, 0.1) is 7.11 Å². The third-order valence-corrected chi connectivity index (χ3v) is 2.24. The molecule has 1 saturated heterocycles. The lowest BCUT2D eigenvalue weighted by Gasteiger charge is -2.23. The highest BCUT2D eigenvalue weighted by atomic mass is 16.5. The molecule has 0 spiro atoms. The molecule has 12 heavy (non-hydrogen) atoms. The van der Waals surface area contributed by atoms with E-state index in [1.54, 1.807) is 0 Å². The van der Waals surface area contributed by atoms with E-state index in [0.717, 1.165) is 25.9 Å². The Morgan fingerprint density at radius 3 is 2.92 bits per heavy atom. The van der Waals surface area contributed by atoms with Gasteiger partial charge in [-0.2, -0.15) is 0 Å². The van der Waals surface area contributed by atoms with E-state index in [1.165, 1.54) is 7.11 Å². The van der Waals surface area contributed by atoms with Crippen molar-refractivity contribution in [2.24, 2.45) is 5.92 Å². The fraction of sp³-hybridized carbons (Fsp3) is 0.667. The fourth-order valence-corrected chi connectivity index (χ4v) is 1.45. The number of carbonyl (C=O) groups excluding carboxylic acids is 1. The second-order valence-corrected chi connectivity index (χ2v) is 3.06. The van der Waals surface area contributed by atoms with Crippen LogP contribution in [-0.2, 0) is 9.53 Å². The average molecular weight is 169 g/mol. The van der Waals surface area contributed by atoms with Crippen LogP contribution in [0.25, 0.3) is 0 Å². The zero-order valence-corrected chi connectivity index (χ0v) is 7.43. The van der Waals surface area contributed by atoms with Crippen molar-refractivity contribution in [3.8, 4) is 0 Å². The van der Waals surface area contributed by atoms with Crippen LogP contribution in [0.4, 0.5) is 0 Å². The first-order chi connectivity index (χ1) is 5.75. The molecule has 3 heteroatoms. The van der Waals surface area contributed by atoms with Gasteiger partial charge in [-0.3, -0.25) is 0 Å². The smallest absolute Gasteiger partial charge is 0.333 e. The molecule has 0 aromatic heterocycles. The van der Waals surface area contributed by atoms with E-state index in [1.807, 2.05) is 0 Å². The summed E-state index contributed by atoms with van der Waals surface area (Å²) >= 11 is 0. The minimum absolute atomic E-state index is 0.270. The van der Waals surface area contributed by atoms with Crippen LogP contribution in [0.2, 0.25) is 0 Å². The predicted molar refractivity (Wildman–Crippen MR) is 46.7 cm³/mol. The maximum Gasteiger partial charge on any atom is 0.333 e. The maximum absolute atomic E-state index is 11.1. The lowest BCUT2D eigenvalue weighted by atomic mass is 9.92. The average Bonchev–Trinajstić information content (AvgIpc) is 2.17. The number of piperidine rings is 1. The summed E-state index contributed by atoms with van der Waals surface area (Å²) in [6, 6.07) is 0. The Labute approximate surface area is 72.8 Å². The molecule has 1 fully saturated rings. The molecular formula is C9H15NO2. The molecule has 0 aromatic carbocycles. The van der Waals surface area contributed by atoms with Crippen LogP contribution in [0.3, 0.4) is 0 Å². The first-order valence-corrected chi connectivity index (χ1v) is 4.23. The number of nitrogens with one attached hydrogen (secondary N) is 1. The Balaban J connectivity index is 2.45. The molecule has 1 atom stereocenters. The maximum atomic E-state index is 11.1. The highest BCUT2D eigenvalue weighted by molar-refractivity contribution is 5.88. The molecule has 1 aliphatic heterocycles. The van der Waals surface area contributed by atoms with Gasteiger partial charge >= 0.3 is 5.97 Å². The summed E-state index contributed by atoms with van der Waals surface area (Å²) in [5, 5.41) is 3.23. The summed E-state index contributed by atoms with van der Waals surface area (Å²) in [5.74, 6) is -0.00472. The predicted octanol–water partition coefficient (Wildman–Crippen LogP) is 0.715. The quantitative estimate of drug-likeness (QED) is 0.489. The molecule has 0 amide bonds. The fourth-order valence-electron chi connectivity index (χ4n) is 1.45. The number of carbonyl (C=O) groups is 1. The monoisotopic (exact) mass is 169 g/mol. The van der Waals surface area contributed by atoms with Gasteiger partial charge in [-0.05, 0) is 19.4 Å². The van der Waals surface area contributed by atoms with Crippen LogP contribution < -0.4 is 5.32 Å². The molecule has 1 heterocycles. The van der Waals surface area contributed by atoms with Crippen molar-refractivity contribution >= 4 is 5.97 Å². The van der Waals surface area contributed by atoms with Crippen LogP contribution in [0.1, 0.15) is 12.8 Å². The molecular weight excluding hydrogens is 154 g/mol. The number of methoxy groups -OCH3 is 1. The van der Waals surface area contributed by atoms with E-state index in [9.17, 15) is 4.79 Å². The molecule has 0 radical (unpaired) electrons. The van der Waals surface area contributed by atoms with Crippen molar-refractivity contribution in [1.29, 1.82) is 0 Å². The van der Waals surface area contributed by atoms with Gasteiger partial charge in [-0.15, -0.1) is 0 Å². The van der Waals surface area contributed by atoms with Crippen molar-refractivity contribution in [2.45, 2.75) is 12.8 Å². The SMILES string of the molecule is C=C(C(=O)OC)C1CCCNC1. The summed E-state index contributed by atoms with van der Waals surface area (Å²) in [7, 11) is 1.39. The Hall–Kier alpha value is -0.830. The third-order valence-electron chi connectivity index (χ3n) is 2.24. The Kier molecular flexibility index (Phi) is 3.29. The summed E-state index contributed by atoms with van der Waals surface area (Å²) < 4.78 is 4.60. The molecule has 3 nitrogen and oxygen atoms in total. The highest BCUT2D eigenvalue weighted by Gasteiger charge is 2.21. The topological polar surface area (TPSA) is 38.3 Å². The molecule has 0 saturated carbocycles. The summed E-state index contributed by atoms with van der Waals surface area (Å²) in [4.78, 5) is 11.1. The van der Waals surface area contributed by atoms with Crippen molar-refractivity contribution < 1.29 is 9.53 Å². The lowest BCUT2D eigenvalue weighted by molar-refractivity contribution is -0.136. The number of ether oxygens (including phenoxy) is 1. The third kappa shape index (κ3) is 2.08. The van der Waals surface area contributed by atoms with Gasteiger partial charge in [0.25, 0.3) is 0 Å². The Morgan fingerprint density at radius 2 is 2.42 bits per heavy atom. The molecule has 68 valence electrons. The summed E-state index contributed by atoms with van der Waals surface area (Å²) in [6.45, 7) is 5.64. The van der Waals surface area contributed by atoms with Gasteiger partial charge in [-0.1, -0.05) is 6.58 Å². The molecule has 0 aliphatic carbocycles. The second kappa shape index (κ2) is 4.26. The molecule has 1 N–H and O–H groups in total. The molecule has 1 rings (SSSR count). The Morgan fingerprint density at radius 1 is 1.67 bits per heavy atom. The van der Waals surface area contributed by atoms with Crippen LogP contribution in [0.5, 0.6) is 0 Å². The van der Waals surface area contributed by atoms with Gasteiger partial charge in [0.15, 0.2) is 0 Å². The summed E-state index contributed by atoms with van der Waals surface area (Å²) in [5.41, 5.74) is 0.602. The van der Waals surface area contributed by atoms with Gasteiger partial charge < -0.3 is 10.1 Å². The zero-order valence-electron chi connectivity index (χ0n) is 7.43. The van der Waals surface area contributed by atoms with E-state index < -0.39 is 0 Å². The normalized spacial score (nSPS) is 23.2.